The first-order chi connectivity index (χ1) is 9.24. The quantitative estimate of drug-likeness (QED) is 0.909. The van der Waals surface area contributed by atoms with E-state index in [1.807, 2.05) is 61.5 Å². The Kier molecular flexibility index (Phi) is 4.56. The molecule has 0 aliphatic carbocycles. The van der Waals surface area contributed by atoms with Crippen LogP contribution >= 0.6 is 0 Å². The number of nitrogens with one attached hydrogen (secondary N) is 1. The van der Waals surface area contributed by atoms with E-state index in [-0.39, 0.29) is 0 Å². The summed E-state index contributed by atoms with van der Waals surface area (Å²) in [5.74, 6) is 0. The van der Waals surface area contributed by atoms with Crippen LogP contribution in [0.2, 0.25) is 0 Å². The summed E-state index contributed by atoms with van der Waals surface area (Å²) in [6, 6.07) is 17.6. The number of alkyl carbamates (subject to hydrolysis) is 1. The standard InChI is InChI=1S/C16H17NO2/c1-13-6-5-9-15(10-13)11-17-16(18)19-12-14-7-3-2-4-8-14/h2-10H,11-12H2,1H3,(H,17,18). The van der Waals surface area contributed by atoms with Crippen molar-refractivity contribution in [3.63, 3.8) is 0 Å². The van der Waals surface area contributed by atoms with E-state index in [1.54, 1.807) is 0 Å². The highest BCUT2D eigenvalue weighted by Crippen LogP contribution is 2.04. The molecular formula is C16H17NO2. The predicted molar refractivity (Wildman–Crippen MR) is 74.6 cm³/mol. The second-order valence-corrected chi connectivity index (χ2v) is 4.40. The smallest absolute Gasteiger partial charge is 0.407 e. The average Bonchev–Trinajstić information content (AvgIpc) is 2.44. The third kappa shape index (κ3) is 4.47. The minimum absolute atomic E-state index is 0.292. The van der Waals surface area contributed by atoms with Gasteiger partial charge in [0.2, 0.25) is 0 Å². The van der Waals surface area contributed by atoms with E-state index in [1.165, 1.54) is 5.56 Å². The number of benzene rings is 2. The number of ether oxygens (including phenoxy) is 1. The SMILES string of the molecule is Cc1cccc(CNC(=O)OCc2ccccc2)c1. The van der Waals surface area contributed by atoms with Crippen LogP contribution < -0.4 is 5.32 Å². The largest absolute Gasteiger partial charge is 0.445 e. The van der Waals surface area contributed by atoms with Crippen LogP contribution in [0.4, 0.5) is 4.79 Å². The fourth-order valence-electron chi connectivity index (χ4n) is 1.77. The summed E-state index contributed by atoms with van der Waals surface area (Å²) in [6.45, 7) is 2.80. The zero-order valence-electron chi connectivity index (χ0n) is 10.9. The van der Waals surface area contributed by atoms with E-state index in [2.05, 4.69) is 5.32 Å². The lowest BCUT2D eigenvalue weighted by Crippen LogP contribution is -2.23. The lowest BCUT2D eigenvalue weighted by atomic mass is 10.1. The molecule has 19 heavy (non-hydrogen) atoms. The van der Waals surface area contributed by atoms with Gasteiger partial charge in [0.15, 0.2) is 0 Å². The molecule has 0 saturated heterocycles. The van der Waals surface area contributed by atoms with Crippen molar-refractivity contribution < 1.29 is 9.53 Å². The fraction of sp³-hybridized carbons (Fsp3) is 0.188. The lowest BCUT2D eigenvalue weighted by molar-refractivity contribution is 0.139. The summed E-state index contributed by atoms with van der Waals surface area (Å²) in [6.07, 6.45) is -0.398. The number of aryl methyl sites for hydroxylation is 1. The Morgan fingerprint density at radius 2 is 1.79 bits per heavy atom. The third-order valence-electron chi connectivity index (χ3n) is 2.73. The van der Waals surface area contributed by atoms with Crippen LogP contribution in [0.3, 0.4) is 0 Å². The van der Waals surface area contributed by atoms with E-state index >= 15 is 0 Å². The second kappa shape index (κ2) is 6.59. The number of hydrogen-bond donors (Lipinski definition) is 1. The Hall–Kier alpha value is -2.29. The number of rotatable bonds is 4. The average molecular weight is 255 g/mol. The molecule has 0 radical (unpaired) electrons. The molecule has 98 valence electrons. The molecule has 3 heteroatoms. The van der Waals surface area contributed by atoms with Crippen molar-refractivity contribution in [2.45, 2.75) is 20.1 Å². The van der Waals surface area contributed by atoms with Gasteiger partial charge in [-0.1, -0.05) is 60.2 Å². The van der Waals surface area contributed by atoms with Crippen molar-refractivity contribution >= 4 is 6.09 Å². The molecule has 0 atom stereocenters. The van der Waals surface area contributed by atoms with Crippen molar-refractivity contribution in [1.82, 2.24) is 5.32 Å². The number of carbonyl (C=O) groups is 1. The van der Waals surface area contributed by atoms with E-state index < -0.39 is 6.09 Å². The molecule has 0 heterocycles. The summed E-state index contributed by atoms with van der Waals surface area (Å²) < 4.78 is 5.13. The van der Waals surface area contributed by atoms with Gasteiger partial charge in [0.05, 0.1) is 0 Å². The van der Waals surface area contributed by atoms with Gasteiger partial charge < -0.3 is 10.1 Å². The third-order valence-corrected chi connectivity index (χ3v) is 2.73. The van der Waals surface area contributed by atoms with Gasteiger partial charge in [-0.3, -0.25) is 0 Å². The molecule has 0 bridgehead atoms. The molecule has 0 aromatic heterocycles. The molecule has 2 rings (SSSR count). The highest BCUT2D eigenvalue weighted by molar-refractivity contribution is 5.67. The van der Waals surface area contributed by atoms with Gasteiger partial charge in [0.1, 0.15) is 6.61 Å². The van der Waals surface area contributed by atoms with Gasteiger partial charge in [-0.2, -0.15) is 0 Å². The molecule has 3 nitrogen and oxygen atoms in total. The van der Waals surface area contributed by atoms with Gasteiger partial charge in [-0.15, -0.1) is 0 Å². The molecule has 0 aliphatic rings. The molecule has 0 saturated carbocycles. The van der Waals surface area contributed by atoms with Gasteiger partial charge in [0.25, 0.3) is 0 Å². The Balaban J connectivity index is 1.76. The topological polar surface area (TPSA) is 38.3 Å². The monoisotopic (exact) mass is 255 g/mol. The van der Waals surface area contributed by atoms with Crippen LogP contribution in [0.15, 0.2) is 54.6 Å². The highest BCUT2D eigenvalue weighted by Gasteiger charge is 2.02. The molecule has 1 amide bonds. The van der Waals surface area contributed by atoms with Crippen molar-refractivity contribution in [3.05, 3.63) is 71.3 Å². The van der Waals surface area contributed by atoms with E-state index in [9.17, 15) is 4.79 Å². The maximum Gasteiger partial charge on any atom is 0.407 e. The lowest BCUT2D eigenvalue weighted by Gasteiger charge is -2.07. The Morgan fingerprint density at radius 1 is 1.05 bits per heavy atom. The number of amides is 1. The summed E-state index contributed by atoms with van der Waals surface area (Å²) in [5.41, 5.74) is 3.22. The van der Waals surface area contributed by atoms with Crippen LogP contribution in [0.25, 0.3) is 0 Å². The van der Waals surface area contributed by atoms with E-state index in [0.717, 1.165) is 11.1 Å². The zero-order chi connectivity index (χ0) is 13.5. The molecule has 0 spiro atoms. The molecule has 2 aromatic carbocycles. The molecule has 0 unspecified atom stereocenters. The van der Waals surface area contributed by atoms with Crippen LogP contribution in [-0.4, -0.2) is 6.09 Å². The fourth-order valence-corrected chi connectivity index (χ4v) is 1.77. The summed E-state index contributed by atoms with van der Waals surface area (Å²) >= 11 is 0. The maximum absolute atomic E-state index is 11.5. The number of carbonyl (C=O) groups excluding carboxylic acids is 1. The van der Waals surface area contributed by atoms with Crippen molar-refractivity contribution in [1.29, 1.82) is 0 Å². The Morgan fingerprint density at radius 3 is 2.53 bits per heavy atom. The molecule has 0 fully saturated rings. The van der Waals surface area contributed by atoms with Crippen molar-refractivity contribution in [2.75, 3.05) is 0 Å². The minimum Gasteiger partial charge on any atom is -0.445 e. The normalized spacial score (nSPS) is 9.95. The van der Waals surface area contributed by atoms with Gasteiger partial charge in [-0.05, 0) is 18.1 Å². The molecule has 2 aromatic rings. The molecular weight excluding hydrogens is 238 g/mol. The second-order valence-electron chi connectivity index (χ2n) is 4.40. The van der Waals surface area contributed by atoms with E-state index in [0.29, 0.717) is 13.2 Å². The first-order valence-electron chi connectivity index (χ1n) is 6.24. The number of hydrogen-bond acceptors (Lipinski definition) is 2. The summed E-state index contributed by atoms with van der Waals surface area (Å²) in [5, 5.41) is 2.74. The highest BCUT2D eigenvalue weighted by atomic mass is 16.5. The van der Waals surface area contributed by atoms with Crippen LogP contribution in [-0.2, 0) is 17.9 Å². The zero-order valence-corrected chi connectivity index (χ0v) is 10.9. The first kappa shape index (κ1) is 13.1. The van der Waals surface area contributed by atoms with Gasteiger partial charge in [0, 0.05) is 6.54 Å². The van der Waals surface area contributed by atoms with Crippen LogP contribution in [0, 0.1) is 6.92 Å². The van der Waals surface area contributed by atoms with E-state index in [4.69, 9.17) is 4.74 Å². The van der Waals surface area contributed by atoms with Crippen LogP contribution in [0.5, 0.6) is 0 Å². The Bertz CT molecular complexity index is 537. The predicted octanol–water partition coefficient (Wildman–Crippen LogP) is 3.42. The van der Waals surface area contributed by atoms with Crippen molar-refractivity contribution in [3.8, 4) is 0 Å². The molecule has 1 N–H and O–H groups in total. The summed E-state index contributed by atoms with van der Waals surface area (Å²) in [4.78, 5) is 11.5. The first-order valence-corrected chi connectivity index (χ1v) is 6.24. The summed E-state index contributed by atoms with van der Waals surface area (Å²) in [7, 11) is 0. The van der Waals surface area contributed by atoms with Crippen molar-refractivity contribution in [2.24, 2.45) is 0 Å². The molecule has 0 aliphatic heterocycles. The van der Waals surface area contributed by atoms with Gasteiger partial charge >= 0.3 is 6.09 Å². The van der Waals surface area contributed by atoms with Crippen LogP contribution in [0.1, 0.15) is 16.7 Å². The Labute approximate surface area is 113 Å². The maximum atomic E-state index is 11.5. The van der Waals surface area contributed by atoms with Gasteiger partial charge in [-0.25, -0.2) is 4.79 Å². The minimum atomic E-state index is -0.398.